The Bertz CT molecular complexity index is 588. The fourth-order valence-electron chi connectivity index (χ4n) is 4.18. The monoisotopic (exact) mass is 283 g/mol. The molecule has 1 N–H and O–H groups in total. The Kier molecular flexibility index (Phi) is 3.16. The number of hydrogen-bond acceptors (Lipinski definition) is 2. The molecule has 1 fully saturated rings. The van der Waals surface area contributed by atoms with Gasteiger partial charge in [-0.15, -0.1) is 11.3 Å². The maximum atomic E-state index is 3.96. The molecule has 1 heterocycles. The molecule has 0 aliphatic heterocycles. The highest BCUT2D eigenvalue weighted by Crippen LogP contribution is 2.51. The molecule has 0 saturated heterocycles. The first-order chi connectivity index (χ1) is 9.88. The molecule has 0 radical (unpaired) electrons. The van der Waals surface area contributed by atoms with Crippen LogP contribution in [0, 0.1) is 5.92 Å². The standard InChI is InChI=1S/C18H21NS/c1-2-6-14(7-3-1)13-19-18-10-5-4-8-15(18)12-17-16(18)9-11-20-17/h1-3,6-7,9,11,15,19H,4-5,8,10,12-13H2/t15-,18+/m0/s1. The minimum Gasteiger partial charge on any atom is -0.303 e. The van der Waals surface area contributed by atoms with Gasteiger partial charge in [0.25, 0.3) is 0 Å². The van der Waals surface area contributed by atoms with Crippen molar-refractivity contribution in [2.75, 3.05) is 0 Å². The number of fused-ring (bicyclic) bond motifs is 3. The van der Waals surface area contributed by atoms with E-state index in [4.69, 9.17) is 0 Å². The molecule has 20 heavy (non-hydrogen) atoms. The zero-order chi connectivity index (χ0) is 13.4. The van der Waals surface area contributed by atoms with Crippen molar-refractivity contribution in [3.63, 3.8) is 0 Å². The van der Waals surface area contributed by atoms with Crippen molar-refractivity contribution in [1.29, 1.82) is 0 Å². The maximum Gasteiger partial charge on any atom is 0.0480 e. The summed E-state index contributed by atoms with van der Waals surface area (Å²) in [5, 5.41) is 6.24. The molecule has 0 amide bonds. The summed E-state index contributed by atoms with van der Waals surface area (Å²) in [6.45, 7) is 0.993. The van der Waals surface area contributed by atoms with Gasteiger partial charge < -0.3 is 5.32 Å². The molecule has 4 rings (SSSR count). The molecular weight excluding hydrogens is 262 g/mol. The summed E-state index contributed by atoms with van der Waals surface area (Å²) in [5.41, 5.74) is 3.28. The summed E-state index contributed by atoms with van der Waals surface area (Å²) >= 11 is 1.96. The van der Waals surface area contributed by atoms with Gasteiger partial charge in [0.05, 0.1) is 0 Å². The normalized spacial score (nSPS) is 28.1. The van der Waals surface area contributed by atoms with Crippen LogP contribution in [-0.4, -0.2) is 0 Å². The van der Waals surface area contributed by atoms with Crippen molar-refractivity contribution >= 4 is 11.3 Å². The van der Waals surface area contributed by atoms with Crippen LogP contribution < -0.4 is 5.32 Å². The van der Waals surface area contributed by atoms with Crippen LogP contribution in [0.4, 0.5) is 0 Å². The second-order valence-corrected chi connectivity index (χ2v) is 7.22. The minimum atomic E-state index is 0.267. The van der Waals surface area contributed by atoms with Crippen LogP contribution in [0.3, 0.4) is 0 Å². The van der Waals surface area contributed by atoms with Crippen molar-refractivity contribution in [2.45, 2.75) is 44.2 Å². The van der Waals surface area contributed by atoms with E-state index in [1.165, 1.54) is 37.7 Å². The van der Waals surface area contributed by atoms with Crippen molar-refractivity contribution in [2.24, 2.45) is 5.92 Å². The first-order valence-electron chi connectivity index (χ1n) is 7.74. The molecule has 1 aromatic carbocycles. The zero-order valence-electron chi connectivity index (χ0n) is 11.8. The van der Waals surface area contributed by atoms with Gasteiger partial charge in [-0.3, -0.25) is 0 Å². The van der Waals surface area contributed by atoms with E-state index in [1.54, 1.807) is 10.4 Å². The average Bonchev–Trinajstić information content (AvgIpc) is 3.06. The first-order valence-corrected chi connectivity index (χ1v) is 8.62. The van der Waals surface area contributed by atoms with Gasteiger partial charge in [-0.05, 0) is 47.8 Å². The highest BCUT2D eigenvalue weighted by molar-refractivity contribution is 7.10. The predicted octanol–water partition coefficient (Wildman–Crippen LogP) is 4.48. The van der Waals surface area contributed by atoms with Crippen LogP contribution in [0.1, 0.15) is 41.7 Å². The van der Waals surface area contributed by atoms with Gasteiger partial charge in [0, 0.05) is 17.0 Å². The lowest BCUT2D eigenvalue weighted by molar-refractivity contribution is 0.157. The Hall–Kier alpha value is -1.12. The average molecular weight is 283 g/mol. The predicted molar refractivity (Wildman–Crippen MR) is 84.9 cm³/mol. The van der Waals surface area contributed by atoms with Gasteiger partial charge in [-0.25, -0.2) is 0 Å². The van der Waals surface area contributed by atoms with Crippen LogP contribution in [0.2, 0.25) is 0 Å². The molecule has 0 unspecified atom stereocenters. The Labute approximate surface area is 125 Å². The fourth-order valence-corrected chi connectivity index (χ4v) is 5.22. The van der Waals surface area contributed by atoms with Crippen LogP contribution in [0.15, 0.2) is 41.8 Å². The van der Waals surface area contributed by atoms with E-state index in [0.717, 1.165) is 12.5 Å². The smallest absolute Gasteiger partial charge is 0.0480 e. The van der Waals surface area contributed by atoms with Gasteiger partial charge >= 0.3 is 0 Å². The summed E-state index contributed by atoms with van der Waals surface area (Å²) < 4.78 is 0. The van der Waals surface area contributed by atoms with E-state index >= 15 is 0 Å². The first kappa shape index (κ1) is 12.6. The third-order valence-electron chi connectivity index (χ3n) is 5.18. The topological polar surface area (TPSA) is 12.0 Å². The Morgan fingerprint density at radius 1 is 1.15 bits per heavy atom. The molecule has 1 nitrogen and oxygen atoms in total. The minimum absolute atomic E-state index is 0.267. The van der Waals surface area contributed by atoms with Gasteiger partial charge in [0.2, 0.25) is 0 Å². The molecular formula is C18H21NS. The van der Waals surface area contributed by atoms with Crippen LogP contribution >= 0.6 is 11.3 Å². The number of benzene rings is 1. The number of rotatable bonds is 3. The van der Waals surface area contributed by atoms with Crippen LogP contribution in [0.5, 0.6) is 0 Å². The molecule has 2 aliphatic rings. The van der Waals surface area contributed by atoms with E-state index in [2.05, 4.69) is 47.1 Å². The van der Waals surface area contributed by atoms with E-state index in [0.29, 0.717) is 0 Å². The van der Waals surface area contributed by atoms with Crippen molar-refractivity contribution in [3.8, 4) is 0 Å². The Morgan fingerprint density at radius 3 is 2.95 bits per heavy atom. The maximum absolute atomic E-state index is 3.96. The summed E-state index contributed by atoms with van der Waals surface area (Å²) in [6.07, 6.45) is 6.79. The molecule has 104 valence electrons. The summed E-state index contributed by atoms with van der Waals surface area (Å²) in [5.74, 6) is 0.822. The lowest BCUT2D eigenvalue weighted by Crippen LogP contribution is -2.47. The lowest BCUT2D eigenvalue weighted by atomic mass is 9.73. The van der Waals surface area contributed by atoms with Gasteiger partial charge in [-0.1, -0.05) is 43.2 Å². The van der Waals surface area contributed by atoms with Crippen molar-refractivity contribution in [1.82, 2.24) is 5.32 Å². The lowest BCUT2D eigenvalue weighted by Gasteiger charge is -2.41. The third-order valence-corrected chi connectivity index (χ3v) is 6.12. The quantitative estimate of drug-likeness (QED) is 0.875. The molecule has 0 spiro atoms. The van der Waals surface area contributed by atoms with Crippen molar-refractivity contribution < 1.29 is 0 Å². The fraction of sp³-hybridized carbons (Fsp3) is 0.444. The molecule has 2 atom stereocenters. The Morgan fingerprint density at radius 2 is 2.05 bits per heavy atom. The molecule has 2 heteroatoms. The molecule has 1 aromatic heterocycles. The number of hydrogen-bond donors (Lipinski definition) is 1. The van der Waals surface area contributed by atoms with Crippen LogP contribution in [0.25, 0.3) is 0 Å². The largest absolute Gasteiger partial charge is 0.303 e. The zero-order valence-corrected chi connectivity index (χ0v) is 12.6. The second-order valence-electron chi connectivity index (χ2n) is 6.21. The third kappa shape index (κ3) is 1.94. The highest BCUT2D eigenvalue weighted by atomic mass is 32.1. The second kappa shape index (κ2) is 5.01. The van der Waals surface area contributed by atoms with E-state index < -0.39 is 0 Å². The Balaban J connectivity index is 1.62. The van der Waals surface area contributed by atoms with E-state index in [9.17, 15) is 0 Å². The van der Waals surface area contributed by atoms with E-state index in [-0.39, 0.29) is 5.54 Å². The summed E-state index contributed by atoms with van der Waals surface area (Å²) in [6, 6.07) is 13.2. The molecule has 2 aliphatic carbocycles. The highest BCUT2D eigenvalue weighted by Gasteiger charge is 2.47. The summed E-state index contributed by atoms with van der Waals surface area (Å²) in [4.78, 5) is 1.64. The van der Waals surface area contributed by atoms with Crippen LogP contribution in [-0.2, 0) is 18.5 Å². The molecule has 0 bridgehead atoms. The number of thiophene rings is 1. The van der Waals surface area contributed by atoms with Crippen molar-refractivity contribution in [3.05, 3.63) is 57.8 Å². The van der Waals surface area contributed by atoms with E-state index in [1.807, 2.05) is 11.3 Å². The summed E-state index contributed by atoms with van der Waals surface area (Å²) in [7, 11) is 0. The molecule has 2 aromatic rings. The van der Waals surface area contributed by atoms with Gasteiger partial charge in [0.15, 0.2) is 0 Å². The van der Waals surface area contributed by atoms with Gasteiger partial charge in [-0.2, -0.15) is 0 Å². The SMILES string of the molecule is c1ccc(CN[C@]23CCCC[C@H]2Cc2sccc23)cc1. The number of nitrogens with one attached hydrogen (secondary N) is 1. The van der Waals surface area contributed by atoms with Gasteiger partial charge in [0.1, 0.15) is 0 Å². The molecule has 1 saturated carbocycles.